The quantitative estimate of drug-likeness (QED) is 0.906. The van der Waals surface area contributed by atoms with E-state index >= 15 is 0 Å². The summed E-state index contributed by atoms with van der Waals surface area (Å²) in [4.78, 5) is 4.32. The Morgan fingerprint density at radius 2 is 2.30 bits per heavy atom. The molecule has 1 atom stereocenters. The van der Waals surface area contributed by atoms with Crippen molar-refractivity contribution in [2.75, 3.05) is 0 Å². The first kappa shape index (κ1) is 12.9. The highest BCUT2D eigenvalue weighted by Gasteiger charge is 2.13. The predicted octanol–water partition coefficient (Wildman–Crippen LogP) is 2.13. The van der Waals surface area contributed by atoms with Gasteiger partial charge in [0, 0.05) is 16.8 Å². The number of halogens is 1. The minimum Gasteiger partial charge on any atom is -0.370 e. The van der Waals surface area contributed by atoms with E-state index in [4.69, 9.17) is 16.1 Å². The van der Waals surface area contributed by atoms with E-state index in [9.17, 15) is 5.11 Å². The fourth-order valence-electron chi connectivity index (χ4n) is 1.88. The van der Waals surface area contributed by atoms with Crippen LogP contribution in [0, 0.1) is 0 Å². The SMILES string of the molecule is OC1C=CC(c2noc(Cc3cccc(Cl)c3)n2)=CN1. The van der Waals surface area contributed by atoms with E-state index in [1.807, 2.05) is 24.3 Å². The van der Waals surface area contributed by atoms with Crippen LogP contribution in [0.25, 0.3) is 5.57 Å². The first-order chi connectivity index (χ1) is 9.70. The van der Waals surface area contributed by atoms with Crippen molar-refractivity contribution in [3.8, 4) is 0 Å². The lowest BCUT2D eigenvalue weighted by Gasteiger charge is -2.10. The average Bonchev–Trinajstić information content (AvgIpc) is 2.88. The third-order valence-electron chi connectivity index (χ3n) is 2.84. The van der Waals surface area contributed by atoms with E-state index in [0.717, 1.165) is 11.1 Å². The Morgan fingerprint density at radius 3 is 3.05 bits per heavy atom. The Bertz CT molecular complexity index is 679. The number of nitrogens with zero attached hydrogens (tertiary/aromatic N) is 2. The molecular formula is C14H12ClN3O2. The molecule has 2 aromatic rings. The third kappa shape index (κ3) is 2.89. The number of hydrogen-bond donors (Lipinski definition) is 2. The molecule has 0 bridgehead atoms. The fraction of sp³-hybridized carbons (Fsp3) is 0.143. The molecule has 0 amide bonds. The van der Waals surface area contributed by atoms with Crippen molar-refractivity contribution in [1.29, 1.82) is 0 Å². The van der Waals surface area contributed by atoms with Crippen molar-refractivity contribution < 1.29 is 9.63 Å². The van der Waals surface area contributed by atoms with Gasteiger partial charge in [0.15, 0.2) is 0 Å². The van der Waals surface area contributed by atoms with Gasteiger partial charge in [0.05, 0.1) is 6.42 Å². The van der Waals surface area contributed by atoms with E-state index in [1.54, 1.807) is 18.4 Å². The van der Waals surface area contributed by atoms with Crippen molar-refractivity contribution >= 4 is 17.2 Å². The average molecular weight is 290 g/mol. The van der Waals surface area contributed by atoms with Crippen LogP contribution in [-0.4, -0.2) is 21.5 Å². The molecule has 1 unspecified atom stereocenters. The van der Waals surface area contributed by atoms with Gasteiger partial charge in [0.2, 0.25) is 11.7 Å². The molecule has 3 rings (SSSR count). The molecule has 2 heterocycles. The molecule has 20 heavy (non-hydrogen) atoms. The van der Waals surface area contributed by atoms with Gasteiger partial charge in [0.1, 0.15) is 6.23 Å². The van der Waals surface area contributed by atoms with Crippen LogP contribution in [0.2, 0.25) is 5.02 Å². The topological polar surface area (TPSA) is 71.2 Å². The Morgan fingerprint density at radius 1 is 1.40 bits per heavy atom. The molecular weight excluding hydrogens is 278 g/mol. The van der Waals surface area contributed by atoms with Gasteiger partial charge >= 0.3 is 0 Å². The molecule has 0 fully saturated rings. The number of aliphatic hydroxyl groups is 1. The Labute approximate surface area is 120 Å². The summed E-state index contributed by atoms with van der Waals surface area (Å²) >= 11 is 5.93. The summed E-state index contributed by atoms with van der Waals surface area (Å²) in [5.74, 6) is 1.00. The maximum Gasteiger partial charge on any atom is 0.231 e. The molecule has 0 saturated carbocycles. The van der Waals surface area contributed by atoms with E-state index in [0.29, 0.717) is 23.2 Å². The molecule has 1 aliphatic rings. The highest BCUT2D eigenvalue weighted by atomic mass is 35.5. The number of dihydropyridines is 1. The van der Waals surface area contributed by atoms with Gasteiger partial charge in [-0.3, -0.25) is 0 Å². The van der Waals surface area contributed by atoms with Crippen LogP contribution >= 0.6 is 11.6 Å². The Hall–Kier alpha value is -2.11. The van der Waals surface area contributed by atoms with Crippen LogP contribution in [-0.2, 0) is 6.42 Å². The van der Waals surface area contributed by atoms with Gasteiger partial charge in [-0.1, -0.05) is 28.9 Å². The summed E-state index contributed by atoms with van der Waals surface area (Å²) in [5, 5.41) is 16.6. The molecule has 0 aliphatic carbocycles. The number of aromatic nitrogens is 2. The largest absolute Gasteiger partial charge is 0.370 e. The van der Waals surface area contributed by atoms with E-state index in [-0.39, 0.29) is 0 Å². The third-order valence-corrected chi connectivity index (χ3v) is 3.07. The number of aliphatic hydroxyl groups excluding tert-OH is 1. The molecule has 6 heteroatoms. The van der Waals surface area contributed by atoms with Crippen LogP contribution in [0.15, 0.2) is 47.1 Å². The first-order valence-corrected chi connectivity index (χ1v) is 6.48. The maximum absolute atomic E-state index is 9.28. The minimum atomic E-state index is -0.670. The number of nitrogens with one attached hydrogen (secondary N) is 1. The summed E-state index contributed by atoms with van der Waals surface area (Å²) < 4.78 is 5.22. The Balaban J connectivity index is 1.76. The maximum atomic E-state index is 9.28. The second kappa shape index (κ2) is 5.48. The lowest BCUT2D eigenvalue weighted by molar-refractivity contribution is 0.201. The molecule has 1 aromatic heterocycles. The molecule has 102 valence electrons. The number of hydrogen-bond acceptors (Lipinski definition) is 5. The van der Waals surface area contributed by atoms with Gasteiger partial charge < -0.3 is 14.9 Å². The summed E-state index contributed by atoms with van der Waals surface area (Å²) in [5.41, 5.74) is 1.77. The van der Waals surface area contributed by atoms with Crippen molar-refractivity contribution in [1.82, 2.24) is 15.5 Å². The molecule has 0 radical (unpaired) electrons. The number of allylic oxidation sites excluding steroid dienone is 2. The van der Waals surface area contributed by atoms with Crippen LogP contribution in [0.3, 0.4) is 0 Å². The van der Waals surface area contributed by atoms with Gasteiger partial charge in [-0.2, -0.15) is 4.98 Å². The predicted molar refractivity (Wildman–Crippen MR) is 74.8 cm³/mol. The smallest absolute Gasteiger partial charge is 0.231 e. The molecule has 0 spiro atoms. The lowest BCUT2D eigenvalue weighted by atomic mass is 10.1. The summed E-state index contributed by atoms with van der Waals surface area (Å²) in [6.45, 7) is 0. The van der Waals surface area contributed by atoms with Crippen LogP contribution in [0.5, 0.6) is 0 Å². The molecule has 1 aliphatic heterocycles. The summed E-state index contributed by atoms with van der Waals surface area (Å²) in [6, 6.07) is 7.52. The minimum absolute atomic E-state index is 0.484. The number of benzene rings is 1. The van der Waals surface area contributed by atoms with Crippen LogP contribution in [0.1, 0.15) is 17.3 Å². The molecule has 5 nitrogen and oxygen atoms in total. The fourth-order valence-corrected chi connectivity index (χ4v) is 2.09. The standard InChI is InChI=1S/C14H12ClN3O2/c15-11-3-1-2-9(6-11)7-13-17-14(18-20-13)10-4-5-12(19)16-8-10/h1-6,8,12,16,19H,7H2. The van der Waals surface area contributed by atoms with Crippen LogP contribution in [0.4, 0.5) is 0 Å². The summed E-state index contributed by atoms with van der Waals surface area (Å²) in [7, 11) is 0. The lowest BCUT2D eigenvalue weighted by Crippen LogP contribution is -2.23. The van der Waals surface area contributed by atoms with Gasteiger partial charge in [-0.05, 0) is 29.8 Å². The highest BCUT2D eigenvalue weighted by molar-refractivity contribution is 6.30. The zero-order valence-corrected chi connectivity index (χ0v) is 11.2. The van der Waals surface area contributed by atoms with Crippen molar-refractivity contribution in [3.05, 3.63) is 64.9 Å². The Kier molecular flexibility index (Phi) is 3.54. The van der Waals surface area contributed by atoms with Crippen molar-refractivity contribution in [2.45, 2.75) is 12.6 Å². The molecule has 0 saturated heterocycles. The van der Waals surface area contributed by atoms with E-state index in [2.05, 4.69) is 15.5 Å². The van der Waals surface area contributed by atoms with Crippen molar-refractivity contribution in [3.63, 3.8) is 0 Å². The van der Waals surface area contributed by atoms with E-state index < -0.39 is 6.23 Å². The normalized spacial score (nSPS) is 17.7. The zero-order chi connectivity index (χ0) is 13.9. The van der Waals surface area contributed by atoms with Gasteiger partial charge in [-0.25, -0.2) is 0 Å². The summed E-state index contributed by atoms with van der Waals surface area (Å²) in [6.07, 6.45) is 4.87. The second-order valence-electron chi connectivity index (χ2n) is 4.39. The molecule has 1 aromatic carbocycles. The van der Waals surface area contributed by atoms with Gasteiger partial charge in [-0.15, -0.1) is 0 Å². The highest BCUT2D eigenvalue weighted by Crippen LogP contribution is 2.17. The van der Waals surface area contributed by atoms with Crippen molar-refractivity contribution in [2.24, 2.45) is 0 Å². The zero-order valence-electron chi connectivity index (χ0n) is 10.5. The monoisotopic (exact) mass is 289 g/mol. The first-order valence-electron chi connectivity index (χ1n) is 6.10. The van der Waals surface area contributed by atoms with Crippen LogP contribution < -0.4 is 5.32 Å². The van der Waals surface area contributed by atoms with Gasteiger partial charge in [0.25, 0.3) is 0 Å². The van der Waals surface area contributed by atoms with E-state index in [1.165, 1.54) is 0 Å². The second-order valence-corrected chi connectivity index (χ2v) is 4.83. The molecule has 2 N–H and O–H groups in total. The number of rotatable bonds is 3.